The van der Waals surface area contributed by atoms with Crippen molar-refractivity contribution in [2.45, 2.75) is 19.4 Å². The molecular weight excluding hydrogens is 240 g/mol. The molecule has 98 valence electrons. The van der Waals surface area contributed by atoms with Crippen molar-refractivity contribution in [1.29, 1.82) is 0 Å². The molecular formula is C12H21ClN2O2. The fraction of sp³-hybridized carbons (Fsp3) is 0.500. The number of rotatable bonds is 6. The van der Waals surface area contributed by atoms with E-state index in [-0.39, 0.29) is 18.4 Å². The van der Waals surface area contributed by atoms with E-state index in [2.05, 4.69) is 0 Å². The number of nitrogens with two attached hydrogens (primary N) is 2. The van der Waals surface area contributed by atoms with Crippen molar-refractivity contribution >= 4 is 12.4 Å². The second-order valence-corrected chi connectivity index (χ2v) is 3.53. The summed E-state index contributed by atoms with van der Waals surface area (Å²) in [5.74, 6) is 1.46. The lowest BCUT2D eigenvalue weighted by atomic mass is 10.0. The molecule has 1 aromatic rings. The van der Waals surface area contributed by atoms with Crippen molar-refractivity contribution in [3.8, 4) is 11.5 Å². The molecule has 5 heteroatoms. The van der Waals surface area contributed by atoms with Gasteiger partial charge in [0.15, 0.2) is 11.5 Å². The summed E-state index contributed by atoms with van der Waals surface area (Å²) in [6.07, 6.45) is 0.762. The summed E-state index contributed by atoms with van der Waals surface area (Å²) in [4.78, 5) is 0. The van der Waals surface area contributed by atoms with Gasteiger partial charge >= 0.3 is 0 Å². The monoisotopic (exact) mass is 260 g/mol. The van der Waals surface area contributed by atoms with Crippen molar-refractivity contribution in [2.75, 3.05) is 20.3 Å². The van der Waals surface area contributed by atoms with E-state index in [9.17, 15) is 0 Å². The van der Waals surface area contributed by atoms with Gasteiger partial charge in [0.2, 0.25) is 0 Å². The smallest absolute Gasteiger partial charge is 0.161 e. The number of ether oxygens (including phenoxy) is 2. The highest BCUT2D eigenvalue weighted by atomic mass is 35.5. The molecule has 17 heavy (non-hydrogen) atoms. The first kappa shape index (κ1) is 16.0. The van der Waals surface area contributed by atoms with Crippen molar-refractivity contribution in [3.05, 3.63) is 23.8 Å². The Kier molecular flexibility index (Phi) is 7.70. The van der Waals surface area contributed by atoms with Crippen LogP contribution in [0.4, 0.5) is 0 Å². The van der Waals surface area contributed by atoms with Gasteiger partial charge in [-0.05, 0) is 37.6 Å². The van der Waals surface area contributed by atoms with Gasteiger partial charge in [0, 0.05) is 6.04 Å². The molecule has 1 rings (SSSR count). The Labute approximate surface area is 109 Å². The predicted molar refractivity (Wildman–Crippen MR) is 72.0 cm³/mol. The quantitative estimate of drug-likeness (QED) is 0.819. The summed E-state index contributed by atoms with van der Waals surface area (Å²) in [5, 5.41) is 0. The van der Waals surface area contributed by atoms with E-state index in [4.69, 9.17) is 20.9 Å². The van der Waals surface area contributed by atoms with E-state index in [0.29, 0.717) is 13.2 Å². The fourth-order valence-electron chi connectivity index (χ4n) is 1.54. The Morgan fingerprint density at radius 2 is 2.00 bits per heavy atom. The molecule has 0 saturated heterocycles. The molecule has 0 spiro atoms. The van der Waals surface area contributed by atoms with Crippen LogP contribution in [0.1, 0.15) is 24.9 Å². The third kappa shape index (κ3) is 4.42. The lowest BCUT2D eigenvalue weighted by Crippen LogP contribution is -2.15. The van der Waals surface area contributed by atoms with Gasteiger partial charge in [-0.25, -0.2) is 0 Å². The topological polar surface area (TPSA) is 70.5 Å². The molecule has 4 N–H and O–H groups in total. The largest absolute Gasteiger partial charge is 0.493 e. The van der Waals surface area contributed by atoms with Crippen molar-refractivity contribution in [2.24, 2.45) is 11.5 Å². The third-order valence-corrected chi connectivity index (χ3v) is 2.39. The molecule has 0 amide bonds. The average Bonchev–Trinajstić information content (AvgIpc) is 2.29. The zero-order valence-electron chi connectivity index (χ0n) is 10.3. The van der Waals surface area contributed by atoms with E-state index >= 15 is 0 Å². The molecule has 0 aliphatic heterocycles. The molecule has 0 radical (unpaired) electrons. The highest BCUT2D eigenvalue weighted by molar-refractivity contribution is 5.85. The van der Waals surface area contributed by atoms with E-state index in [0.717, 1.165) is 23.5 Å². The first-order chi connectivity index (χ1) is 7.72. The van der Waals surface area contributed by atoms with Crippen molar-refractivity contribution < 1.29 is 9.47 Å². The summed E-state index contributed by atoms with van der Waals surface area (Å²) in [5.41, 5.74) is 12.5. The van der Waals surface area contributed by atoms with E-state index < -0.39 is 0 Å². The fourth-order valence-corrected chi connectivity index (χ4v) is 1.54. The van der Waals surface area contributed by atoms with Gasteiger partial charge in [0.25, 0.3) is 0 Å². The Bertz CT molecular complexity index is 334. The summed E-state index contributed by atoms with van der Waals surface area (Å²) >= 11 is 0. The minimum atomic E-state index is -0.0462. The van der Waals surface area contributed by atoms with Crippen molar-refractivity contribution in [3.63, 3.8) is 0 Å². The summed E-state index contributed by atoms with van der Waals surface area (Å²) < 4.78 is 10.7. The van der Waals surface area contributed by atoms with Crippen LogP contribution in [0.5, 0.6) is 11.5 Å². The molecule has 0 saturated carbocycles. The molecule has 0 bridgehead atoms. The normalized spacial score (nSPS) is 11.5. The van der Waals surface area contributed by atoms with Crippen LogP contribution in [0.2, 0.25) is 0 Å². The Balaban J connectivity index is 0.00000256. The second kappa shape index (κ2) is 8.17. The summed E-state index contributed by atoms with van der Waals surface area (Å²) in [6, 6.07) is 5.69. The molecule has 0 unspecified atom stereocenters. The van der Waals surface area contributed by atoms with E-state index in [1.165, 1.54) is 0 Å². The van der Waals surface area contributed by atoms with Gasteiger partial charge in [-0.2, -0.15) is 0 Å². The molecule has 0 heterocycles. The third-order valence-electron chi connectivity index (χ3n) is 2.39. The molecule has 0 fully saturated rings. The van der Waals surface area contributed by atoms with Crippen LogP contribution in [0, 0.1) is 0 Å². The maximum Gasteiger partial charge on any atom is 0.161 e. The van der Waals surface area contributed by atoms with Gasteiger partial charge in [-0.15, -0.1) is 12.4 Å². The van der Waals surface area contributed by atoms with E-state index in [1.807, 2.05) is 25.1 Å². The van der Waals surface area contributed by atoms with Crippen LogP contribution in [-0.4, -0.2) is 20.3 Å². The Hall–Kier alpha value is -0.970. The highest BCUT2D eigenvalue weighted by Crippen LogP contribution is 2.30. The van der Waals surface area contributed by atoms with Gasteiger partial charge in [-0.1, -0.05) is 6.07 Å². The lowest BCUT2D eigenvalue weighted by Gasteiger charge is -2.14. The maximum atomic E-state index is 5.99. The molecule has 0 aliphatic rings. The summed E-state index contributed by atoms with van der Waals surface area (Å²) in [7, 11) is 1.62. The SMILES string of the molecule is CCOc1cc([C@@H](N)CCN)ccc1OC.Cl. The second-order valence-electron chi connectivity index (χ2n) is 3.53. The first-order valence-electron chi connectivity index (χ1n) is 5.49. The zero-order chi connectivity index (χ0) is 12.0. The highest BCUT2D eigenvalue weighted by Gasteiger charge is 2.10. The number of hydrogen-bond acceptors (Lipinski definition) is 4. The molecule has 4 nitrogen and oxygen atoms in total. The van der Waals surface area contributed by atoms with Crippen LogP contribution >= 0.6 is 12.4 Å². The van der Waals surface area contributed by atoms with Gasteiger partial charge < -0.3 is 20.9 Å². The van der Waals surface area contributed by atoms with Crippen LogP contribution in [-0.2, 0) is 0 Å². The molecule has 1 aromatic carbocycles. The average molecular weight is 261 g/mol. The lowest BCUT2D eigenvalue weighted by molar-refractivity contribution is 0.310. The minimum Gasteiger partial charge on any atom is -0.493 e. The Morgan fingerprint density at radius 3 is 2.53 bits per heavy atom. The predicted octanol–water partition coefficient (Wildman–Crippen LogP) is 1.86. The number of hydrogen-bond donors (Lipinski definition) is 2. The van der Waals surface area contributed by atoms with Crippen LogP contribution < -0.4 is 20.9 Å². The number of methoxy groups -OCH3 is 1. The minimum absolute atomic E-state index is 0. The van der Waals surface area contributed by atoms with E-state index in [1.54, 1.807) is 7.11 Å². The van der Waals surface area contributed by atoms with Crippen molar-refractivity contribution in [1.82, 2.24) is 0 Å². The van der Waals surface area contributed by atoms with Crippen LogP contribution in [0.3, 0.4) is 0 Å². The number of halogens is 1. The number of benzene rings is 1. The molecule has 0 aliphatic carbocycles. The Morgan fingerprint density at radius 1 is 1.29 bits per heavy atom. The zero-order valence-corrected chi connectivity index (χ0v) is 11.1. The van der Waals surface area contributed by atoms with Gasteiger partial charge in [0.05, 0.1) is 13.7 Å². The maximum absolute atomic E-state index is 5.99. The van der Waals surface area contributed by atoms with Crippen LogP contribution in [0.15, 0.2) is 18.2 Å². The molecule has 1 atom stereocenters. The molecule has 0 aromatic heterocycles. The van der Waals surface area contributed by atoms with Gasteiger partial charge in [0.1, 0.15) is 0 Å². The van der Waals surface area contributed by atoms with Crippen LogP contribution in [0.25, 0.3) is 0 Å². The summed E-state index contributed by atoms with van der Waals surface area (Å²) in [6.45, 7) is 3.12. The van der Waals surface area contributed by atoms with Gasteiger partial charge in [-0.3, -0.25) is 0 Å². The standard InChI is InChI=1S/C12H20N2O2.ClH/c1-3-16-12-8-9(10(14)6-7-13)4-5-11(12)15-2;/h4-5,8,10H,3,6-7,13-14H2,1-2H3;1H/t10-;/m0./s1. The first-order valence-corrected chi connectivity index (χ1v) is 5.49.